The second kappa shape index (κ2) is 9.38. The van der Waals surface area contributed by atoms with E-state index in [9.17, 15) is 18.5 Å². The number of hydrogen-bond acceptors (Lipinski definition) is 9. The Kier molecular flexibility index (Phi) is 6.38. The number of sulfonamides is 1. The van der Waals surface area contributed by atoms with E-state index in [1.165, 1.54) is 12.1 Å². The van der Waals surface area contributed by atoms with E-state index in [1.807, 2.05) is 13.0 Å². The number of hydrogen-bond donors (Lipinski definition) is 2. The summed E-state index contributed by atoms with van der Waals surface area (Å²) >= 11 is 0. The van der Waals surface area contributed by atoms with Gasteiger partial charge in [-0.2, -0.15) is 4.98 Å². The average Bonchev–Trinajstić information content (AvgIpc) is 2.80. The Morgan fingerprint density at radius 3 is 2.27 bits per heavy atom. The topological polar surface area (TPSA) is 140 Å². The highest BCUT2D eigenvalue weighted by atomic mass is 32.2. The maximum Gasteiger partial charge on any atom is 0.269 e. The van der Waals surface area contributed by atoms with Crippen LogP contribution in [0.3, 0.4) is 0 Å². The lowest BCUT2D eigenvalue weighted by Crippen LogP contribution is -2.37. The Balaban J connectivity index is 1.45. The Hall–Kier alpha value is -3.77. The molecule has 2 N–H and O–H groups in total. The summed E-state index contributed by atoms with van der Waals surface area (Å²) in [6.07, 6.45) is 0. The normalized spacial score (nSPS) is 14.0. The van der Waals surface area contributed by atoms with Gasteiger partial charge in [0.1, 0.15) is 5.82 Å². The van der Waals surface area contributed by atoms with Crippen LogP contribution >= 0.6 is 0 Å². The predicted octanol–water partition coefficient (Wildman–Crippen LogP) is 3.07. The van der Waals surface area contributed by atoms with Crippen molar-refractivity contribution in [2.45, 2.75) is 11.8 Å². The Morgan fingerprint density at radius 2 is 1.64 bits per heavy atom. The van der Waals surface area contributed by atoms with E-state index in [0.717, 1.165) is 36.6 Å². The number of rotatable bonds is 7. The van der Waals surface area contributed by atoms with Gasteiger partial charge in [0.05, 0.1) is 23.0 Å². The van der Waals surface area contributed by atoms with Crippen LogP contribution in [0, 0.1) is 17.0 Å². The van der Waals surface area contributed by atoms with Crippen LogP contribution < -0.4 is 14.9 Å². The number of aromatic nitrogens is 2. The molecule has 1 aliphatic heterocycles. The Labute approximate surface area is 190 Å². The van der Waals surface area contributed by atoms with Crippen molar-refractivity contribution in [2.24, 2.45) is 0 Å². The molecule has 0 saturated carbocycles. The van der Waals surface area contributed by atoms with Gasteiger partial charge in [0.25, 0.3) is 15.7 Å². The molecule has 0 atom stereocenters. The highest BCUT2D eigenvalue weighted by molar-refractivity contribution is 7.92. The molecule has 172 valence electrons. The second-order valence-electron chi connectivity index (χ2n) is 7.35. The van der Waals surface area contributed by atoms with Crippen LogP contribution in [0.5, 0.6) is 0 Å². The number of aryl methyl sites for hydroxylation is 1. The van der Waals surface area contributed by atoms with Crippen LogP contribution in [0.2, 0.25) is 0 Å². The molecule has 1 aliphatic rings. The SMILES string of the molecule is Cc1cc(Nc2ccc(NS(=O)(=O)c3ccc([N+](=O)[O-])cc3)cc2)nc(N2CCOCC2)n1. The van der Waals surface area contributed by atoms with Crippen molar-refractivity contribution in [3.63, 3.8) is 0 Å². The molecule has 1 fully saturated rings. The zero-order valence-corrected chi connectivity index (χ0v) is 18.6. The van der Waals surface area contributed by atoms with Crippen molar-refractivity contribution < 1.29 is 18.1 Å². The molecule has 0 bridgehead atoms. The summed E-state index contributed by atoms with van der Waals surface area (Å²) in [5.74, 6) is 1.26. The van der Waals surface area contributed by atoms with E-state index in [4.69, 9.17) is 4.74 Å². The van der Waals surface area contributed by atoms with Gasteiger partial charge in [0.2, 0.25) is 5.95 Å². The number of nitrogens with one attached hydrogen (secondary N) is 2. The van der Waals surface area contributed by atoms with Crippen LogP contribution in [0.15, 0.2) is 59.5 Å². The highest BCUT2D eigenvalue weighted by Gasteiger charge is 2.17. The number of benzene rings is 2. The summed E-state index contributed by atoms with van der Waals surface area (Å²) in [4.78, 5) is 21.3. The molecule has 2 aromatic carbocycles. The molecule has 11 nitrogen and oxygen atoms in total. The molecule has 4 rings (SSSR count). The van der Waals surface area contributed by atoms with Crippen molar-refractivity contribution in [1.82, 2.24) is 9.97 Å². The van der Waals surface area contributed by atoms with Crippen molar-refractivity contribution in [3.05, 3.63) is 70.4 Å². The minimum absolute atomic E-state index is 0.0672. The largest absolute Gasteiger partial charge is 0.378 e. The fraction of sp³-hybridized carbons (Fsp3) is 0.238. The van der Waals surface area contributed by atoms with Gasteiger partial charge in [-0.15, -0.1) is 0 Å². The van der Waals surface area contributed by atoms with E-state index in [1.54, 1.807) is 24.3 Å². The summed E-state index contributed by atoms with van der Waals surface area (Å²) in [5.41, 5.74) is 1.72. The lowest BCUT2D eigenvalue weighted by Gasteiger charge is -2.27. The zero-order valence-electron chi connectivity index (χ0n) is 17.8. The van der Waals surface area contributed by atoms with Crippen LogP contribution in [0.1, 0.15) is 5.69 Å². The maximum atomic E-state index is 12.6. The summed E-state index contributed by atoms with van der Waals surface area (Å²) in [6.45, 7) is 4.63. The third kappa shape index (κ3) is 5.54. The molecule has 0 amide bonds. The van der Waals surface area contributed by atoms with Gasteiger partial charge in [0, 0.05) is 48.4 Å². The van der Waals surface area contributed by atoms with E-state index in [-0.39, 0.29) is 10.6 Å². The number of ether oxygens (including phenoxy) is 1. The van der Waals surface area contributed by atoms with E-state index >= 15 is 0 Å². The Morgan fingerprint density at radius 1 is 1.00 bits per heavy atom. The molecular formula is C21H22N6O5S. The van der Waals surface area contributed by atoms with Crippen molar-refractivity contribution in [3.8, 4) is 0 Å². The van der Waals surface area contributed by atoms with E-state index in [2.05, 4.69) is 24.9 Å². The monoisotopic (exact) mass is 470 g/mol. The van der Waals surface area contributed by atoms with E-state index < -0.39 is 14.9 Å². The number of nitro benzene ring substituents is 1. The molecule has 0 radical (unpaired) electrons. The summed E-state index contributed by atoms with van der Waals surface area (Å²) < 4.78 is 33.0. The first-order valence-electron chi connectivity index (χ1n) is 10.1. The minimum atomic E-state index is -3.88. The number of morpholine rings is 1. The first-order valence-corrected chi connectivity index (χ1v) is 11.6. The van der Waals surface area contributed by atoms with Gasteiger partial charge in [0.15, 0.2) is 0 Å². The van der Waals surface area contributed by atoms with Crippen molar-refractivity contribution in [2.75, 3.05) is 41.2 Å². The van der Waals surface area contributed by atoms with Crippen LogP contribution in [0.4, 0.5) is 28.8 Å². The quantitative estimate of drug-likeness (QED) is 0.394. The first kappa shape index (κ1) is 22.4. The zero-order chi connectivity index (χ0) is 23.4. The molecule has 2 heterocycles. The van der Waals surface area contributed by atoms with Gasteiger partial charge < -0.3 is 15.0 Å². The summed E-state index contributed by atoms with van der Waals surface area (Å²) in [7, 11) is -3.88. The lowest BCUT2D eigenvalue weighted by atomic mass is 10.3. The van der Waals surface area contributed by atoms with Crippen LogP contribution in [-0.2, 0) is 14.8 Å². The molecular weight excluding hydrogens is 448 g/mol. The third-order valence-electron chi connectivity index (χ3n) is 4.90. The van der Waals surface area contributed by atoms with Gasteiger partial charge in [-0.05, 0) is 43.3 Å². The highest BCUT2D eigenvalue weighted by Crippen LogP contribution is 2.23. The molecule has 0 aliphatic carbocycles. The summed E-state index contributed by atoms with van der Waals surface area (Å²) in [6, 6.07) is 13.2. The molecule has 1 saturated heterocycles. The number of nitro groups is 1. The number of anilines is 4. The molecule has 3 aromatic rings. The molecule has 0 unspecified atom stereocenters. The second-order valence-corrected chi connectivity index (χ2v) is 9.04. The van der Waals surface area contributed by atoms with Gasteiger partial charge >= 0.3 is 0 Å². The standard InChI is InChI=1S/C21H22N6O5S/c1-15-14-20(24-21(22-15)26-10-12-32-13-11-26)23-16-2-4-17(5-3-16)25-33(30,31)19-8-6-18(7-9-19)27(28)29/h2-9,14,25H,10-13H2,1H3,(H,22,23,24). The molecule has 33 heavy (non-hydrogen) atoms. The molecule has 0 spiro atoms. The van der Waals surface area contributed by atoms with Crippen molar-refractivity contribution >= 4 is 38.9 Å². The maximum absolute atomic E-state index is 12.6. The first-order chi connectivity index (χ1) is 15.8. The van der Waals surface area contributed by atoms with E-state index in [0.29, 0.717) is 30.7 Å². The molecule has 12 heteroatoms. The Bertz CT molecular complexity index is 1240. The average molecular weight is 471 g/mol. The molecule has 1 aromatic heterocycles. The number of non-ortho nitro benzene ring substituents is 1. The fourth-order valence-electron chi connectivity index (χ4n) is 3.25. The van der Waals surface area contributed by atoms with Crippen LogP contribution in [0.25, 0.3) is 0 Å². The van der Waals surface area contributed by atoms with Gasteiger partial charge in [-0.3, -0.25) is 14.8 Å². The number of nitrogens with zero attached hydrogens (tertiary/aromatic N) is 4. The third-order valence-corrected chi connectivity index (χ3v) is 6.30. The smallest absolute Gasteiger partial charge is 0.269 e. The van der Waals surface area contributed by atoms with Crippen molar-refractivity contribution in [1.29, 1.82) is 0 Å². The van der Waals surface area contributed by atoms with Gasteiger partial charge in [-0.1, -0.05) is 0 Å². The fourth-order valence-corrected chi connectivity index (χ4v) is 4.31. The predicted molar refractivity (Wildman–Crippen MR) is 123 cm³/mol. The minimum Gasteiger partial charge on any atom is -0.378 e. The van der Waals surface area contributed by atoms with Crippen LogP contribution in [-0.4, -0.2) is 49.6 Å². The lowest BCUT2D eigenvalue weighted by molar-refractivity contribution is -0.384. The van der Waals surface area contributed by atoms with Gasteiger partial charge in [-0.25, -0.2) is 13.4 Å². The summed E-state index contributed by atoms with van der Waals surface area (Å²) in [5, 5.41) is 14.0.